The Morgan fingerprint density at radius 1 is 1.34 bits per heavy atom. The summed E-state index contributed by atoms with van der Waals surface area (Å²) in [4.78, 5) is 36.1. The number of benzene rings is 1. The molecule has 1 unspecified atom stereocenters. The van der Waals surface area contributed by atoms with Crippen molar-refractivity contribution in [3.63, 3.8) is 0 Å². The van der Waals surface area contributed by atoms with Crippen molar-refractivity contribution in [2.24, 2.45) is 16.3 Å². The lowest BCUT2D eigenvalue weighted by Gasteiger charge is -2.23. The molecule has 2 aromatic heterocycles. The Kier molecular flexibility index (Phi) is 5.76. The second-order valence-corrected chi connectivity index (χ2v) is 9.40. The van der Waals surface area contributed by atoms with Gasteiger partial charge in [-0.15, -0.1) is 0 Å². The monoisotopic (exact) mass is 479 g/mol. The highest BCUT2D eigenvalue weighted by Gasteiger charge is 2.41. The molecule has 9 nitrogen and oxygen atoms in total. The fraction of sp³-hybridized carbons (Fsp3) is 0.360. The maximum atomic E-state index is 15.3. The van der Waals surface area contributed by atoms with Gasteiger partial charge in [0.15, 0.2) is 11.6 Å². The first-order valence-corrected chi connectivity index (χ1v) is 11.5. The first-order chi connectivity index (χ1) is 16.8. The zero-order valence-corrected chi connectivity index (χ0v) is 19.3. The number of fused-ring (bicyclic) bond motifs is 1. The van der Waals surface area contributed by atoms with Crippen molar-refractivity contribution in [2.45, 2.75) is 32.4 Å². The predicted molar refractivity (Wildman–Crippen MR) is 129 cm³/mol. The summed E-state index contributed by atoms with van der Waals surface area (Å²) in [5.74, 6) is -1.97. The number of carboxylic acids is 1. The zero-order chi connectivity index (χ0) is 24.7. The van der Waals surface area contributed by atoms with Crippen LogP contribution >= 0.6 is 0 Å². The average molecular weight is 480 g/mol. The van der Waals surface area contributed by atoms with Crippen molar-refractivity contribution in [3.05, 3.63) is 69.8 Å². The Balaban J connectivity index is 1.50. The summed E-state index contributed by atoms with van der Waals surface area (Å²) in [5.41, 5.74) is 6.31. The molecule has 10 heteroatoms. The molecule has 0 radical (unpaired) electrons. The van der Waals surface area contributed by atoms with E-state index in [2.05, 4.69) is 10.1 Å². The quantitative estimate of drug-likeness (QED) is 0.500. The third-order valence-corrected chi connectivity index (χ3v) is 6.69. The van der Waals surface area contributed by atoms with Crippen molar-refractivity contribution in [2.75, 3.05) is 24.5 Å². The standard InChI is InChI=1S/C25H26FN5O4/c1-25(13-27)14-30(11-20(25)29-35-12-15-5-3-2-4-6-15)23-19(26)9-17-21(32)18(24(33)34)10-31(16-7-8-16)22(17)28-23/h2-6,9-10,16H,7-8,11-14,27H2,1H3,(H,33,34)/b29-20+. The van der Waals surface area contributed by atoms with Crippen LogP contribution in [0.3, 0.4) is 0 Å². The van der Waals surface area contributed by atoms with Gasteiger partial charge in [0.05, 0.1) is 17.6 Å². The van der Waals surface area contributed by atoms with Crippen molar-refractivity contribution in [3.8, 4) is 0 Å². The number of anilines is 1. The first-order valence-electron chi connectivity index (χ1n) is 11.5. The summed E-state index contributed by atoms with van der Waals surface area (Å²) in [7, 11) is 0. The van der Waals surface area contributed by atoms with Crippen molar-refractivity contribution in [1.82, 2.24) is 9.55 Å². The third-order valence-electron chi connectivity index (χ3n) is 6.69. The van der Waals surface area contributed by atoms with Gasteiger partial charge in [-0.1, -0.05) is 42.4 Å². The summed E-state index contributed by atoms with van der Waals surface area (Å²) in [6.07, 6.45) is 3.00. The summed E-state index contributed by atoms with van der Waals surface area (Å²) >= 11 is 0. The summed E-state index contributed by atoms with van der Waals surface area (Å²) in [6.45, 7) is 3.15. The number of nitrogens with two attached hydrogens (primary N) is 1. The van der Waals surface area contributed by atoms with E-state index in [0.29, 0.717) is 18.9 Å². The summed E-state index contributed by atoms with van der Waals surface area (Å²) < 4.78 is 17.0. The average Bonchev–Trinajstić information content (AvgIpc) is 3.63. The molecular weight excluding hydrogens is 453 g/mol. The molecule has 3 aromatic rings. The number of oxime groups is 1. The third kappa shape index (κ3) is 4.25. The van der Waals surface area contributed by atoms with Gasteiger partial charge in [0, 0.05) is 30.7 Å². The maximum absolute atomic E-state index is 15.3. The molecule has 2 fully saturated rings. The number of halogens is 1. The van der Waals surface area contributed by atoms with E-state index in [4.69, 9.17) is 10.6 Å². The molecule has 2 aliphatic rings. The van der Waals surface area contributed by atoms with Gasteiger partial charge in [0.2, 0.25) is 5.43 Å². The van der Waals surface area contributed by atoms with E-state index < -0.39 is 22.6 Å². The predicted octanol–water partition coefficient (Wildman–Crippen LogP) is 2.93. The smallest absolute Gasteiger partial charge is 0.341 e. The number of hydrogen-bond donors (Lipinski definition) is 2. The maximum Gasteiger partial charge on any atom is 0.341 e. The van der Waals surface area contributed by atoms with Crippen molar-refractivity contribution in [1.29, 1.82) is 0 Å². The molecule has 1 saturated heterocycles. The topological polar surface area (TPSA) is 123 Å². The Morgan fingerprint density at radius 3 is 2.74 bits per heavy atom. The van der Waals surface area contributed by atoms with E-state index in [-0.39, 0.29) is 41.5 Å². The Bertz CT molecular complexity index is 1390. The van der Waals surface area contributed by atoms with E-state index in [1.54, 1.807) is 9.47 Å². The van der Waals surface area contributed by atoms with E-state index in [1.807, 2.05) is 37.3 Å². The van der Waals surface area contributed by atoms with Gasteiger partial charge in [-0.25, -0.2) is 14.2 Å². The highest BCUT2D eigenvalue weighted by Crippen LogP contribution is 2.38. The molecule has 35 heavy (non-hydrogen) atoms. The Morgan fingerprint density at radius 2 is 2.09 bits per heavy atom. The van der Waals surface area contributed by atoms with Crippen LogP contribution in [0.4, 0.5) is 10.2 Å². The molecule has 5 rings (SSSR count). The first kappa shape index (κ1) is 23.0. The number of carbonyl (C=O) groups is 1. The molecule has 1 aromatic carbocycles. The second kappa shape index (κ2) is 8.77. The highest BCUT2D eigenvalue weighted by molar-refractivity contribution is 5.97. The molecule has 1 aliphatic heterocycles. The molecule has 1 saturated carbocycles. The second-order valence-electron chi connectivity index (χ2n) is 9.40. The minimum Gasteiger partial charge on any atom is -0.477 e. The fourth-order valence-corrected chi connectivity index (χ4v) is 4.41. The summed E-state index contributed by atoms with van der Waals surface area (Å²) in [5, 5.41) is 13.7. The number of hydrogen-bond acceptors (Lipinski definition) is 7. The lowest BCUT2D eigenvalue weighted by atomic mass is 9.88. The van der Waals surface area contributed by atoms with Crippen LogP contribution in [0.15, 0.2) is 52.5 Å². The van der Waals surface area contributed by atoms with Gasteiger partial charge < -0.3 is 25.1 Å². The summed E-state index contributed by atoms with van der Waals surface area (Å²) in [6, 6.07) is 10.8. The van der Waals surface area contributed by atoms with E-state index in [0.717, 1.165) is 24.5 Å². The molecule has 3 N–H and O–H groups in total. The SMILES string of the molecule is CC1(CN)CN(c2nc3c(cc2F)c(=O)c(C(=O)O)cn3C2CC2)C/C1=N\OCc1ccccc1. The molecule has 1 atom stereocenters. The fourth-order valence-electron chi connectivity index (χ4n) is 4.41. The van der Waals surface area contributed by atoms with Gasteiger partial charge in [-0.3, -0.25) is 4.79 Å². The molecule has 1 aliphatic carbocycles. The number of nitrogens with zero attached hydrogens (tertiary/aromatic N) is 4. The molecule has 0 bridgehead atoms. The van der Waals surface area contributed by atoms with Gasteiger partial charge in [0.25, 0.3) is 0 Å². The molecule has 3 heterocycles. The Hall–Kier alpha value is -3.79. The van der Waals surface area contributed by atoms with Crippen LogP contribution in [0.2, 0.25) is 0 Å². The minimum absolute atomic E-state index is 0.0402. The van der Waals surface area contributed by atoms with Crippen LogP contribution in [0.5, 0.6) is 0 Å². The molecular formula is C25H26FN5O4. The lowest BCUT2D eigenvalue weighted by Crippen LogP contribution is -2.36. The van der Waals surface area contributed by atoms with Crippen LogP contribution in [0.25, 0.3) is 11.0 Å². The number of carboxylic acid groups (broad SMARTS) is 1. The van der Waals surface area contributed by atoms with Gasteiger partial charge in [-0.05, 0) is 24.5 Å². The van der Waals surface area contributed by atoms with E-state index >= 15 is 4.39 Å². The molecule has 0 amide bonds. The van der Waals surface area contributed by atoms with Crippen LogP contribution in [-0.2, 0) is 11.4 Å². The van der Waals surface area contributed by atoms with Gasteiger partial charge in [-0.2, -0.15) is 0 Å². The molecule has 0 spiro atoms. The number of aromatic carboxylic acids is 1. The number of aromatic nitrogens is 2. The lowest BCUT2D eigenvalue weighted by molar-refractivity contribution is 0.0695. The van der Waals surface area contributed by atoms with Crippen LogP contribution in [0, 0.1) is 11.2 Å². The van der Waals surface area contributed by atoms with Crippen LogP contribution < -0.4 is 16.1 Å². The largest absolute Gasteiger partial charge is 0.477 e. The minimum atomic E-state index is -1.34. The number of rotatable bonds is 7. The van der Waals surface area contributed by atoms with Crippen LogP contribution in [0.1, 0.15) is 41.7 Å². The zero-order valence-electron chi connectivity index (χ0n) is 19.3. The van der Waals surface area contributed by atoms with E-state index in [9.17, 15) is 14.7 Å². The van der Waals surface area contributed by atoms with Crippen LogP contribution in [-0.4, -0.2) is 46.0 Å². The Labute approximate surface area is 200 Å². The van der Waals surface area contributed by atoms with E-state index in [1.165, 1.54) is 6.20 Å². The van der Waals surface area contributed by atoms with Gasteiger partial charge >= 0.3 is 5.97 Å². The van der Waals surface area contributed by atoms with Gasteiger partial charge in [0.1, 0.15) is 17.8 Å². The van der Waals surface area contributed by atoms with Crippen molar-refractivity contribution < 1.29 is 19.1 Å². The highest BCUT2D eigenvalue weighted by atomic mass is 19.1. The normalized spacial score (nSPS) is 21.1. The van der Waals surface area contributed by atoms with Crippen molar-refractivity contribution >= 4 is 28.5 Å². The number of pyridine rings is 2. The molecule has 182 valence electrons.